The van der Waals surface area contributed by atoms with Crippen LogP contribution in [0, 0.1) is 0 Å². The van der Waals surface area contributed by atoms with Crippen LogP contribution in [0.5, 0.6) is 11.5 Å². The number of hydrogen-bond acceptors (Lipinski definition) is 22. The molecule has 0 radical (unpaired) electrons. The molecule has 0 saturated carbocycles. The van der Waals surface area contributed by atoms with E-state index in [2.05, 4.69) is 34.1 Å². The summed E-state index contributed by atoms with van der Waals surface area (Å²) in [6.45, 7) is 10.7. The molecule has 10 aliphatic rings. The van der Waals surface area contributed by atoms with Crippen LogP contribution in [0.2, 0.25) is 25.2 Å². The second-order valence-corrected chi connectivity index (χ2v) is 60.1. The lowest BCUT2D eigenvalue weighted by Gasteiger charge is -2.61. The van der Waals surface area contributed by atoms with Gasteiger partial charge in [0.15, 0.2) is 0 Å². The van der Waals surface area contributed by atoms with Gasteiger partial charge in [0.1, 0.15) is 11.5 Å². The lowest BCUT2D eigenvalue weighted by atomic mass is 10.2. The van der Waals surface area contributed by atoms with Gasteiger partial charge < -0.3 is 95.8 Å². The summed E-state index contributed by atoms with van der Waals surface area (Å²) >= 11 is 0. The van der Waals surface area contributed by atoms with E-state index in [1.807, 2.05) is 280 Å². The molecule has 10 aromatic rings. The number of anilines is 2. The topological polar surface area (TPSA) is 204 Å². The molecule has 22 nitrogen and oxygen atoms in total. The van der Waals surface area contributed by atoms with E-state index >= 15 is 0 Å². The molecule has 8 bridgehead atoms. The Hall–Kier alpha value is -7.15. The number of benzene rings is 10. The van der Waals surface area contributed by atoms with Gasteiger partial charge >= 0.3 is 87.6 Å². The van der Waals surface area contributed by atoms with Crippen LogP contribution in [0.1, 0.15) is 12.8 Å². The SMILES string of the molecule is C[Si]1(CCCOc2ccc(N(CC3CO3)CC3CO3)cc2)O[Si]2(c3ccccc3)O[Si]3(c4ccccc4)O[Si]4(c5ccccc5)O[Si](C)(CCCOc5ccc(N(CC6CO6)CC6CO6)cc5)O[Si]5(c6ccccc6)O[Si](c6ccccc6)(O[Si](c6ccccc6)(O1)O[Si](c1ccccc1)(O5)O[Si](c1ccccc1)(O2)O4)O3. The van der Waals surface area contributed by atoms with Gasteiger partial charge in [0, 0.05) is 79.0 Å². The van der Waals surface area contributed by atoms with Gasteiger partial charge in [-0.05, 0) is 86.6 Å². The maximum Gasteiger partial charge on any atom is 0.515 e. The van der Waals surface area contributed by atoms with E-state index in [4.69, 9.17) is 86.0 Å². The number of nitrogens with zero attached hydrogens (tertiary/aromatic N) is 2. The van der Waals surface area contributed by atoms with Crippen LogP contribution in [0.3, 0.4) is 0 Å². The highest BCUT2D eigenvalue weighted by atomic mass is 28.6. The summed E-state index contributed by atoms with van der Waals surface area (Å²) < 4.78 is 158. The van der Waals surface area contributed by atoms with E-state index < -0.39 is 87.6 Å². The van der Waals surface area contributed by atoms with Crippen molar-refractivity contribution in [1.29, 1.82) is 0 Å². The lowest BCUT2D eigenvalue weighted by molar-refractivity contribution is 0.0250. The average molecular weight is 1680 g/mol. The molecular formula is C80H86N2O20Si10. The van der Waals surface area contributed by atoms with Gasteiger partial charge in [0.25, 0.3) is 0 Å². The minimum atomic E-state index is -5.33. The van der Waals surface area contributed by atoms with Crippen molar-refractivity contribution in [3.63, 3.8) is 0 Å². The molecule has 4 atom stereocenters. The third-order valence-electron chi connectivity index (χ3n) is 20.9. The molecule has 576 valence electrons. The summed E-state index contributed by atoms with van der Waals surface area (Å²) in [6.07, 6.45) is 1.59. The Morgan fingerprint density at radius 1 is 0.250 bits per heavy atom. The fraction of sp³-hybridized carbons (Fsp3) is 0.250. The highest BCUT2D eigenvalue weighted by Gasteiger charge is 2.83. The first-order valence-corrected chi connectivity index (χ1v) is 57.3. The van der Waals surface area contributed by atoms with Crippen molar-refractivity contribution in [2.24, 2.45) is 0 Å². The molecule has 10 saturated heterocycles. The predicted molar refractivity (Wildman–Crippen MR) is 439 cm³/mol. The zero-order chi connectivity index (χ0) is 75.4. The molecule has 10 aromatic carbocycles. The molecule has 20 rings (SSSR count). The molecule has 0 amide bonds. The highest BCUT2D eigenvalue weighted by molar-refractivity contribution is 7.12. The van der Waals surface area contributed by atoms with Crippen molar-refractivity contribution in [3.8, 4) is 11.5 Å². The molecule has 0 aromatic heterocycles. The quantitative estimate of drug-likeness (QED) is 0.0267. The van der Waals surface area contributed by atoms with Gasteiger partial charge in [-0.1, -0.05) is 243 Å². The standard InChI is InChI=1S/C80H86N2O20Si10/c1-103(55-27-53-83-67-49-45-65(46-50-67)81(57-69-61-85-69)58-70-62-86-70)89-105(73-29-11-3-12-30-73)93-109(77-37-19-7-20-38-77)97-107(75-33-15-5-16-34-75)91-104(2,56-28-54-84-68-51-47-66(48-52-68)82(59-71-63-87-71)60-72-64-88-72)92-108(76-35-17-6-18-36-76)99-111(101-109,79-41-23-9-24-42-79)95-106(90-103,74-31-13-4-14-32-74)96-112(100-108,80-43-25-10-26-44-80)102-110(94-105,98-107)78-39-21-8-22-40-78/h3-26,29-52,69-72H,27-28,53-64H2,1-2H3. The number of rotatable bonds is 28. The van der Waals surface area contributed by atoms with Crippen LogP contribution in [-0.4, -0.2) is 178 Å². The summed E-state index contributed by atoms with van der Waals surface area (Å²) in [6, 6.07) is 95.2. The van der Waals surface area contributed by atoms with Crippen molar-refractivity contribution in [2.45, 2.75) is 62.4 Å². The molecule has 4 unspecified atom stereocenters. The first kappa shape index (κ1) is 74.9. The van der Waals surface area contributed by atoms with Crippen LogP contribution >= 0.6 is 0 Å². The Kier molecular flexibility index (Phi) is 20.6. The monoisotopic (exact) mass is 1670 g/mol. The molecule has 0 spiro atoms. The Morgan fingerprint density at radius 2 is 0.429 bits per heavy atom. The third-order valence-corrected chi connectivity index (χ3v) is 64.5. The molecular weight excluding hydrogens is 1590 g/mol. The second kappa shape index (κ2) is 30.8. The van der Waals surface area contributed by atoms with Gasteiger partial charge in [-0.15, -0.1) is 0 Å². The van der Waals surface area contributed by atoms with Gasteiger partial charge in [-0.3, -0.25) is 0 Å². The predicted octanol–water partition coefficient (Wildman–Crippen LogP) is 7.35. The van der Waals surface area contributed by atoms with E-state index in [9.17, 15) is 0 Å². The van der Waals surface area contributed by atoms with Crippen LogP contribution in [0.15, 0.2) is 291 Å². The van der Waals surface area contributed by atoms with E-state index in [0.29, 0.717) is 65.8 Å². The number of epoxide rings is 4. The molecule has 112 heavy (non-hydrogen) atoms. The van der Waals surface area contributed by atoms with Gasteiger partial charge in [0.05, 0.1) is 64.1 Å². The maximum absolute atomic E-state index is 8.79. The number of ether oxygens (including phenoxy) is 6. The highest BCUT2D eigenvalue weighted by Crippen LogP contribution is 2.48. The Balaban J connectivity index is 0.849. The number of hydrogen-bond donors (Lipinski definition) is 0. The molecule has 10 fully saturated rings. The minimum Gasteiger partial charge on any atom is -0.494 e. The minimum absolute atomic E-state index is 0.200. The molecule has 0 N–H and O–H groups in total. The van der Waals surface area contributed by atoms with Crippen molar-refractivity contribution < 1.29 is 86.0 Å². The fourth-order valence-electron chi connectivity index (χ4n) is 15.1. The Morgan fingerprint density at radius 3 is 0.607 bits per heavy atom. The summed E-state index contributed by atoms with van der Waals surface area (Å²) in [5, 5.41) is 4.05. The summed E-state index contributed by atoms with van der Waals surface area (Å²) in [7, 11) is -50.6. The molecule has 0 aliphatic carbocycles. The zero-order valence-electron chi connectivity index (χ0n) is 62.0. The Labute approximate surface area is 662 Å². The van der Waals surface area contributed by atoms with Crippen molar-refractivity contribution in [3.05, 3.63) is 291 Å². The van der Waals surface area contributed by atoms with E-state index in [-0.39, 0.29) is 49.7 Å². The normalized spacial score (nSPS) is 32.7. The van der Waals surface area contributed by atoms with Gasteiger partial charge in [-0.2, -0.15) is 0 Å². The summed E-state index contributed by atoms with van der Waals surface area (Å²) in [5.41, 5.74) is 2.13. The van der Waals surface area contributed by atoms with Gasteiger partial charge in [-0.25, -0.2) is 0 Å². The van der Waals surface area contributed by atoms with Gasteiger partial charge in [0.2, 0.25) is 0 Å². The van der Waals surface area contributed by atoms with Crippen LogP contribution in [0.25, 0.3) is 0 Å². The van der Waals surface area contributed by atoms with Crippen molar-refractivity contribution in [2.75, 3.05) is 75.6 Å². The lowest BCUT2D eigenvalue weighted by Crippen LogP contribution is -2.93. The summed E-state index contributed by atoms with van der Waals surface area (Å²) in [5.74, 6) is 1.39. The average Bonchev–Trinajstić information content (AvgIpc) is 0.926. The molecule has 32 heteroatoms. The third kappa shape index (κ3) is 15.7. The Bertz CT molecular complexity index is 4280. The maximum atomic E-state index is 8.79. The number of fused-ring (bicyclic) bond motifs is 4. The molecule has 10 heterocycles. The smallest absolute Gasteiger partial charge is 0.494 e. The van der Waals surface area contributed by atoms with E-state index in [0.717, 1.165) is 64.0 Å². The van der Waals surface area contributed by atoms with E-state index in [1.54, 1.807) is 0 Å². The zero-order valence-corrected chi connectivity index (χ0v) is 72.0. The second-order valence-electron chi connectivity index (χ2n) is 29.6. The van der Waals surface area contributed by atoms with Crippen molar-refractivity contribution in [1.82, 2.24) is 0 Å². The fourth-order valence-corrected chi connectivity index (χ4v) is 71.8. The van der Waals surface area contributed by atoms with Crippen LogP contribution in [-0.2, 0) is 76.6 Å². The summed E-state index contributed by atoms with van der Waals surface area (Å²) in [4.78, 5) is 4.66. The molecule has 10 aliphatic heterocycles. The largest absolute Gasteiger partial charge is 0.515 e. The van der Waals surface area contributed by atoms with Crippen molar-refractivity contribution >= 4 is 140 Å². The van der Waals surface area contributed by atoms with E-state index in [1.165, 1.54) is 0 Å². The van der Waals surface area contributed by atoms with Crippen LogP contribution in [0.4, 0.5) is 11.4 Å². The van der Waals surface area contributed by atoms with Crippen LogP contribution < -0.4 is 60.8 Å². The first-order valence-electron chi connectivity index (χ1n) is 38.4. The first-order chi connectivity index (χ1) is 54.7.